The van der Waals surface area contributed by atoms with Gasteiger partial charge in [-0.15, -0.1) is 0 Å². The molecule has 81 heavy (non-hydrogen) atoms. The Balaban J connectivity index is 0.853. The van der Waals surface area contributed by atoms with Gasteiger partial charge in [0, 0.05) is 10.8 Å². The zero-order valence-corrected chi connectivity index (χ0v) is 44.1. The van der Waals surface area contributed by atoms with E-state index in [0.29, 0.717) is 0 Å². The third kappa shape index (κ3) is 7.33. The quantitative estimate of drug-likeness (QED) is 0.151. The Bertz CT molecular complexity index is 5140. The highest BCUT2D eigenvalue weighted by Crippen LogP contribution is 2.49. The summed E-state index contributed by atoms with van der Waals surface area (Å²) in [6, 6.07) is 108. The van der Waals surface area contributed by atoms with Crippen LogP contribution in [0.5, 0.6) is 0 Å². The van der Waals surface area contributed by atoms with Gasteiger partial charge in [-0.05, 0) is 214 Å². The van der Waals surface area contributed by atoms with Crippen molar-refractivity contribution >= 4 is 108 Å². The molecule has 0 N–H and O–H groups in total. The highest BCUT2D eigenvalue weighted by molar-refractivity contribution is 6.24. The first-order valence-corrected chi connectivity index (χ1v) is 28.0. The van der Waals surface area contributed by atoms with Crippen LogP contribution in [-0.4, -0.2) is 0 Å². The van der Waals surface area contributed by atoms with Crippen molar-refractivity contribution in [3.8, 4) is 66.8 Å². The zero-order chi connectivity index (χ0) is 53.1. The Labute approximate surface area is 467 Å². The largest absolute Gasteiger partial charge is 0.456 e. The van der Waals surface area contributed by atoms with Gasteiger partial charge in [0.2, 0.25) is 0 Å². The fourth-order valence-corrected chi connectivity index (χ4v) is 13.5. The summed E-state index contributed by atoms with van der Waals surface area (Å²) in [4.78, 5) is 0. The maximum Gasteiger partial charge on any atom is 0.135 e. The third-order valence-corrected chi connectivity index (χ3v) is 17.3. The van der Waals surface area contributed by atoms with E-state index in [1.54, 1.807) is 0 Å². The van der Waals surface area contributed by atoms with Gasteiger partial charge in [-0.1, -0.05) is 231 Å². The Kier molecular flexibility index (Phi) is 10.1. The molecule has 0 unspecified atom stereocenters. The number of hydrogen-bond donors (Lipinski definition) is 0. The highest BCUT2D eigenvalue weighted by Gasteiger charge is 2.22. The second-order valence-corrected chi connectivity index (χ2v) is 21.9. The van der Waals surface area contributed by atoms with Gasteiger partial charge in [0.1, 0.15) is 11.2 Å². The van der Waals surface area contributed by atoms with Crippen LogP contribution in [0.2, 0.25) is 0 Å². The molecule has 0 radical (unpaired) electrons. The molecular weight excluding hydrogens is 977 g/mol. The first-order chi connectivity index (χ1) is 40.1. The normalized spacial score (nSPS) is 12.0. The van der Waals surface area contributed by atoms with Crippen LogP contribution in [0, 0.1) is 0 Å². The van der Waals surface area contributed by atoms with Gasteiger partial charge in [-0.25, -0.2) is 0 Å². The number of fused-ring (bicyclic) bond motifs is 11. The van der Waals surface area contributed by atoms with Crippen molar-refractivity contribution < 1.29 is 4.42 Å². The Morgan fingerprint density at radius 1 is 0.148 bits per heavy atom. The lowest BCUT2D eigenvalue weighted by atomic mass is 9.84. The van der Waals surface area contributed by atoms with Crippen LogP contribution in [0.25, 0.3) is 175 Å². The van der Waals surface area contributed by atoms with E-state index >= 15 is 0 Å². The van der Waals surface area contributed by atoms with Crippen molar-refractivity contribution in [3.63, 3.8) is 0 Å². The molecule has 16 aromatic carbocycles. The molecule has 0 amide bonds. The number of benzene rings is 16. The fourth-order valence-electron chi connectivity index (χ4n) is 13.5. The van der Waals surface area contributed by atoms with Crippen LogP contribution in [0.4, 0.5) is 0 Å². The van der Waals surface area contributed by atoms with Gasteiger partial charge in [-0.3, -0.25) is 0 Å². The second kappa shape index (κ2) is 18.0. The van der Waals surface area contributed by atoms with Crippen molar-refractivity contribution in [2.45, 2.75) is 0 Å². The lowest BCUT2D eigenvalue weighted by molar-refractivity contribution is 0.669. The zero-order valence-electron chi connectivity index (χ0n) is 44.1. The van der Waals surface area contributed by atoms with Gasteiger partial charge in [0.15, 0.2) is 0 Å². The number of rotatable bonds is 6. The smallest absolute Gasteiger partial charge is 0.135 e. The molecule has 17 rings (SSSR count). The van der Waals surface area contributed by atoms with Gasteiger partial charge in [0.05, 0.1) is 0 Å². The topological polar surface area (TPSA) is 13.1 Å². The molecule has 0 saturated heterocycles. The molecule has 1 heterocycles. The van der Waals surface area contributed by atoms with E-state index in [0.717, 1.165) is 44.2 Å². The molecule has 0 bridgehead atoms. The van der Waals surface area contributed by atoms with E-state index in [4.69, 9.17) is 4.42 Å². The Morgan fingerprint density at radius 3 is 0.704 bits per heavy atom. The van der Waals surface area contributed by atoms with Crippen LogP contribution >= 0.6 is 0 Å². The molecular formula is C80H48O. The Morgan fingerprint density at radius 2 is 0.383 bits per heavy atom. The molecule has 17 aromatic rings. The van der Waals surface area contributed by atoms with Crippen LogP contribution in [-0.2, 0) is 0 Å². The summed E-state index contributed by atoms with van der Waals surface area (Å²) < 4.78 is 6.69. The lowest BCUT2D eigenvalue weighted by Gasteiger charge is -2.19. The van der Waals surface area contributed by atoms with Crippen LogP contribution in [0.1, 0.15) is 0 Å². The number of hydrogen-bond acceptors (Lipinski definition) is 1. The van der Waals surface area contributed by atoms with Crippen molar-refractivity contribution in [1.29, 1.82) is 0 Å². The standard InChI is InChI=1S/C80H48O/c1-5-17-53-41-61(29-25-49(53)13-1)77-65-21-9-11-23-67(65)79(63-31-27-51-15-3-7-19-55(51)43-63)73-47-57(33-37-69(73)77)59-35-39-75-71(45-59)72-46-60(36-40-76(72)81-75)58-34-38-70-74(48-58)80(64-32-28-52-16-4-8-20-56(52)44-64)68-24-12-10-22-66(68)78(70)62-30-26-50-14-2-6-18-54(50)42-62/h1-48H. The van der Waals surface area contributed by atoms with E-state index in [9.17, 15) is 0 Å². The summed E-state index contributed by atoms with van der Waals surface area (Å²) in [5.41, 5.74) is 16.2. The third-order valence-electron chi connectivity index (χ3n) is 17.3. The average Bonchev–Trinajstić information content (AvgIpc) is 3.97. The fraction of sp³-hybridized carbons (Fsp3) is 0. The van der Waals surface area contributed by atoms with E-state index in [1.807, 2.05) is 0 Å². The monoisotopic (exact) mass is 1020 g/mol. The van der Waals surface area contributed by atoms with E-state index in [-0.39, 0.29) is 0 Å². The predicted molar refractivity (Wildman–Crippen MR) is 346 cm³/mol. The van der Waals surface area contributed by atoms with Crippen molar-refractivity contribution in [3.05, 3.63) is 291 Å². The summed E-state index contributed by atoms with van der Waals surface area (Å²) in [6.07, 6.45) is 0. The first-order valence-electron chi connectivity index (χ1n) is 28.0. The second-order valence-electron chi connectivity index (χ2n) is 21.9. The number of furan rings is 1. The molecule has 0 aliphatic carbocycles. The maximum atomic E-state index is 6.69. The molecule has 0 aliphatic rings. The average molecular weight is 1030 g/mol. The minimum atomic E-state index is 0.872. The van der Waals surface area contributed by atoms with E-state index in [2.05, 4.69) is 291 Å². The van der Waals surface area contributed by atoms with E-state index in [1.165, 1.54) is 131 Å². The molecule has 374 valence electrons. The molecule has 0 saturated carbocycles. The summed E-state index contributed by atoms with van der Waals surface area (Å²) in [7, 11) is 0. The molecule has 1 nitrogen and oxygen atoms in total. The lowest BCUT2D eigenvalue weighted by Crippen LogP contribution is -1.92. The summed E-state index contributed by atoms with van der Waals surface area (Å²) in [5.74, 6) is 0. The van der Waals surface area contributed by atoms with Crippen molar-refractivity contribution in [2.24, 2.45) is 0 Å². The predicted octanol–water partition coefficient (Wildman–Crippen LogP) is 22.8. The molecule has 0 atom stereocenters. The van der Waals surface area contributed by atoms with Crippen molar-refractivity contribution in [1.82, 2.24) is 0 Å². The first kappa shape index (κ1) is 45.4. The van der Waals surface area contributed by atoms with Crippen LogP contribution in [0.15, 0.2) is 296 Å². The minimum Gasteiger partial charge on any atom is -0.456 e. The summed E-state index contributed by atoms with van der Waals surface area (Å²) in [6.45, 7) is 0. The molecule has 1 aromatic heterocycles. The minimum absolute atomic E-state index is 0.872. The SMILES string of the molecule is c1ccc2cc(-c3c4ccccc4c(-c4ccc5ccccc5c4)c4cc(-c5ccc6oc7ccc(-c8ccc9c(-c%10ccc%11ccccc%11c%10)c%10ccccc%10c(-c%10ccc%11ccccc%11c%10)c9c8)cc7c6c5)ccc34)ccc2c1. The maximum absolute atomic E-state index is 6.69. The molecule has 0 fully saturated rings. The van der Waals surface area contributed by atoms with Crippen LogP contribution < -0.4 is 0 Å². The molecule has 0 spiro atoms. The van der Waals surface area contributed by atoms with Gasteiger partial charge in [-0.2, -0.15) is 0 Å². The highest BCUT2D eigenvalue weighted by atomic mass is 16.3. The van der Waals surface area contributed by atoms with Gasteiger partial charge >= 0.3 is 0 Å². The Hall–Kier alpha value is -10.6. The summed E-state index contributed by atoms with van der Waals surface area (Å²) in [5, 5.41) is 21.9. The van der Waals surface area contributed by atoms with Crippen molar-refractivity contribution in [2.75, 3.05) is 0 Å². The summed E-state index contributed by atoms with van der Waals surface area (Å²) >= 11 is 0. The van der Waals surface area contributed by atoms with Gasteiger partial charge < -0.3 is 4.42 Å². The van der Waals surface area contributed by atoms with E-state index < -0.39 is 0 Å². The molecule has 1 heteroatoms. The van der Waals surface area contributed by atoms with Crippen LogP contribution in [0.3, 0.4) is 0 Å². The molecule has 0 aliphatic heterocycles. The van der Waals surface area contributed by atoms with Gasteiger partial charge in [0.25, 0.3) is 0 Å².